The summed E-state index contributed by atoms with van der Waals surface area (Å²) in [6.45, 7) is 0.466. The fourth-order valence-corrected chi connectivity index (χ4v) is 4.03. The molecule has 2 aromatic rings. The smallest absolute Gasteiger partial charge is 0.240 e. The molecule has 0 amide bonds. The number of sulfonamides is 1. The van der Waals surface area contributed by atoms with Crippen LogP contribution >= 0.6 is 11.6 Å². The molecule has 3 rings (SSSR count). The summed E-state index contributed by atoms with van der Waals surface area (Å²) in [4.78, 5) is 0.328. The minimum Gasteiger partial charge on any atom is -0.492 e. The van der Waals surface area contributed by atoms with Crippen LogP contribution in [-0.2, 0) is 22.9 Å². The Kier molecular flexibility index (Phi) is 5.43. The molecule has 4 nitrogen and oxygen atoms in total. The van der Waals surface area contributed by atoms with Gasteiger partial charge in [-0.1, -0.05) is 17.7 Å². The summed E-state index contributed by atoms with van der Waals surface area (Å²) in [7, 11) is -3.51. The van der Waals surface area contributed by atoms with E-state index in [9.17, 15) is 8.42 Å². The lowest BCUT2D eigenvalue weighted by molar-refractivity contribution is 0.323. The normalized spacial score (nSPS) is 14.2. The summed E-state index contributed by atoms with van der Waals surface area (Å²) in [5.41, 5.74) is 2.42. The Morgan fingerprint density at radius 1 is 1.00 bits per heavy atom. The Morgan fingerprint density at radius 2 is 1.71 bits per heavy atom. The lowest BCUT2D eigenvalue weighted by atomic mass is 9.92. The molecule has 0 unspecified atom stereocenters. The molecule has 0 saturated carbocycles. The van der Waals surface area contributed by atoms with E-state index >= 15 is 0 Å². The first-order valence-electron chi connectivity index (χ1n) is 8.04. The Balaban J connectivity index is 1.57. The van der Waals surface area contributed by atoms with Crippen molar-refractivity contribution in [3.8, 4) is 5.75 Å². The number of aryl methyl sites for hydroxylation is 2. The SMILES string of the molecule is O=S(=O)(NCCOc1ccc(Cl)cc1)c1ccc2c(c1)CCCC2. The number of rotatable bonds is 6. The molecule has 6 heteroatoms. The zero-order chi connectivity index (χ0) is 17.0. The summed E-state index contributed by atoms with van der Waals surface area (Å²) in [5.74, 6) is 0.660. The Bertz CT molecular complexity index is 804. The number of nitrogens with one attached hydrogen (secondary N) is 1. The van der Waals surface area contributed by atoms with E-state index in [1.165, 1.54) is 12.0 Å². The highest BCUT2D eigenvalue weighted by molar-refractivity contribution is 7.89. The van der Waals surface area contributed by atoms with Crippen LogP contribution < -0.4 is 9.46 Å². The maximum absolute atomic E-state index is 12.4. The van der Waals surface area contributed by atoms with Crippen molar-refractivity contribution in [3.63, 3.8) is 0 Å². The second-order valence-electron chi connectivity index (χ2n) is 5.84. The molecule has 128 valence electrons. The van der Waals surface area contributed by atoms with Gasteiger partial charge < -0.3 is 4.74 Å². The number of hydrogen-bond donors (Lipinski definition) is 1. The lowest BCUT2D eigenvalue weighted by Crippen LogP contribution is -2.28. The first kappa shape index (κ1) is 17.3. The molecule has 1 aliphatic carbocycles. The molecular weight excluding hydrogens is 346 g/mol. The van der Waals surface area contributed by atoms with Gasteiger partial charge in [0.2, 0.25) is 10.0 Å². The zero-order valence-corrected chi connectivity index (χ0v) is 14.9. The van der Waals surface area contributed by atoms with Gasteiger partial charge >= 0.3 is 0 Å². The first-order chi connectivity index (χ1) is 11.5. The van der Waals surface area contributed by atoms with Crippen LogP contribution in [0.2, 0.25) is 5.02 Å². The number of hydrogen-bond acceptors (Lipinski definition) is 3. The van der Waals surface area contributed by atoms with Crippen LogP contribution in [0, 0.1) is 0 Å². The van der Waals surface area contributed by atoms with Crippen LogP contribution in [0.15, 0.2) is 47.4 Å². The van der Waals surface area contributed by atoms with Crippen LogP contribution in [0.25, 0.3) is 0 Å². The summed E-state index contributed by atoms with van der Waals surface area (Å²) >= 11 is 5.80. The number of ether oxygens (including phenoxy) is 1. The molecule has 24 heavy (non-hydrogen) atoms. The van der Waals surface area contributed by atoms with Crippen molar-refractivity contribution in [3.05, 3.63) is 58.6 Å². The first-order valence-corrected chi connectivity index (χ1v) is 9.90. The van der Waals surface area contributed by atoms with Crippen molar-refractivity contribution in [2.45, 2.75) is 30.6 Å². The fourth-order valence-electron chi connectivity index (χ4n) is 2.84. The van der Waals surface area contributed by atoms with E-state index in [4.69, 9.17) is 16.3 Å². The minimum absolute atomic E-state index is 0.210. The maximum atomic E-state index is 12.4. The highest BCUT2D eigenvalue weighted by Crippen LogP contribution is 2.24. The second-order valence-corrected chi connectivity index (χ2v) is 8.04. The van der Waals surface area contributed by atoms with Crippen LogP contribution in [0.3, 0.4) is 0 Å². The third-order valence-corrected chi connectivity index (χ3v) is 5.82. The van der Waals surface area contributed by atoms with Gasteiger partial charge in [0.1, 0.15) is 12.4 Å². The molecule has 0 spiro atoms. The maximum Gasteiger partial charge on any atom is 0.240 e. The Labute approximate surface area is 147 Å². The van der Waals surface area contributed by atoms with Crippen LogP contribution in [-0.4, -0.2) is 21.6 Å². The monoisotopic (exact) mass is 365 g/mol. The summed E-state index contributed by atoms with van der Waals surface area (Å²) in [5, 5.41) is 0.635. The van der Waals surface area contributed by atoms with Crippen molar-refractivity contribution < 1.29 is 13.2 Å². The van der Waals surface area contributed by atoms with Gasteiger partial charge in [0.05, 0.1) is 4.90 Å². The topological polar surface area (TPSA) is 55.4 Å². The summed E-state index contributed by atoms with van der Waals surface area (Å²) in [6.07, 6.45) is 4.30. The van der Waals surface area contributed by atoms with E-state index in [1.54, 1.807) is 36.4 Å². The van der Waals surface area contributed by atoms with E-state index in [0.717, 1.165) is 24.8 Å². The molecule has 0 aliphatic heterocycles. The molecule has 0 saturated heterocycles. The van der Waals surface area contributed by atoms with Gasteiger partial charge in [-0.15, -0.1) is 0 Å². The van der Waals surface area contributed by atoms with Crippen LogP contribution in [0.5, 0.6) is 5.75 Å². The van der Waals surface area contributed by atoms with E-state index < -0.39 is 10.0 Å². The van der Waals surface area contributed by atoms with Gasteiger partial charge in [-0.05, 0) is 73.2 Å². The zero-order valence-electron chi connectivity index (χ0n) is 13.3. The molecule has 0 fully saturated rings. The van der Waals surface area contributed by atoms with Gasteiger partial charge in [-0.3, -0.25) is 0 Å². The quantitative estimate of drug-likeness (QED) is 0.796. The molecule has 0 aromatic heterocycles. The van der Waals surface area contributed by atoms with E-state index in [-0.39, 0.29) is 13.2 Å². The predicted octanol–water partition coefficient (Wildman–Crippen LogP) is 3.58. The lowest BCUT2D eigenvalue weighted by Gasteiger charge is -2.16. The van der Waals surface area contributed by atoms with E-state index in [0.29, 0.717) is 15.7 Å². The highest BCUT2D eigenvalue weighted by atomic mass is 35.5. The van der Waals surface area contributed by atoms with Crippen molar-refractivity contribution in [2.75, 3.05) is 13.2 Å². The van der Waals surface area contributed by atoms with Gasteiger partial charge in [-0.25, -0.2) is 13.1 Å². The van der Waals surface area contributed by atoms with Gasteiger partial charge in [-0.2, -0.15) is 0 Å². The van der Waals surface area contributed by atoms with E-state index in [1.807, 2.05) is 6.07 Å². The van der Waals surface area contributed by atoms with Crippen molar-refractivity contribution >= 4 is 21.6 Å². The van der Waals surface area contributed by atoms with E-state index in [2.05, 4.69) is 4.72 Å². The van der Waals surface area contributed by atoms with Crippen LogP contribution in [0.4, 0.5) is 0 Å². The molecule has 2 aromatic carbocycles. The third-order valence-electron chi connectivity index (χ3n) is 4.11. The number of benzene rings is 2. The number of fused-ring (bicyclic) bond motifs is 1. The van der Waals surface area contributed by atoms with Crippen molar-refractivity contribution in [1.82, 2.24) is 4.72 Å². The molecule has 0 bridgehead atoms. The Hall–Kier alpha value is -1.56. The van der Waals surface area contributed by atoms with Crippen molar-refractivity contribution in [2.24, 2.45) is 0 Å². The van der Waals surface area contributed by atoms with Crippen LogP contribution in [0.1, 0.15) is 24.0 Å². The van der Waals surface area contributed by atoms with Gasteiger partial charge in [0.15, 0.2) is 0 Å². The predicted molar refractivity (Wildman–Crippen MR) is 95.2 cm³/mol. The van der Waals surface area contributed by atoms with Crippen molar-refractivity contribution in [1.29, 1.82) is 0 Å². The molecule has 0 heterocycles. The molecular formula is C18H20ClNO3S. The molecule has 1 aliphatic rings. The summed E-state index contributed by atoms with van der Waals surface area (Å²) in [6, 6.07) is 12.4. The average Bonchev–Trinajstić information content (AvgIpc) is 2.60. The molecule has 1 N–H and O–H groups in total. The third kappa shape index (κ3) is 4.29. The number of halogens is 1. The average molecular weight is 366 g/mol. The molecule has 0 radical (unpaired) electrons. The fraction of sp³-hybridized carbons (Fsp3) is 0.333. The van der Waals surface area contributed by atoms with Gasteiger partial charge in [0, 0.05) is 11.6 Å². The highest BCUT2D eigenvalue weighted by Gasteiger charge is 2.17. The minimum atomic E-state index is -3.51. The largest absolute Gasteiger partial charge is 0.492 e. The Morgan fingerprint density at radius 3 is 2.46 bits per heavy atom. The summed E-state index contributed by atoms with van der Waals surface area (Å²) < 4.78 is 32.9. The standard InChI is InChI=1S/C18H20ClNO3S/c19-16-6-8-17(9-7-16)23-12-11-20-24(21,22)18-10-5-14-3-1-2-4-15(14)13-18/h5-10,13,20H,1-4,11-12H2. The van der Waals surface area contributed by atoms with Gasteiger partial charge in [0.25, 0.3) is 0 Å². The second kappa shape index (κ2) is 7.55. The molecule has 0 atom stereocenters.